The molecule has 0 saturated heterocycles. The molecule has 1 atom stereocenters. The van der Waals surface area contributed by atoms with E-state index in [2.05, 4.69) is 160 Å². The van der Waals surface area contributed by atoms with Crippen LogP contribution in [0.2, 0.25) is 0 Å². The molecule has 5 heterocycles. The van der Waals surface area contributed by atoms with Crippen molar-refractivity contribution in [1.29, 1.82) is 0 Å². The highest BCUT2D eigenvalue weighted by Gasteiger charge is 2.20. The molecule has 48 heavy (non-hydrogen) atoms. The Labute approximate surface area is 275 Å². The molecule has 0 amide bonds. The number of aryl methyl sites for hydroxylation is 1. The summed E-state index contributed by atoms with van der Waals surface area (Å²) < 4.78 is 6.97. The molecule has 6 aromatic carbocycles. The van der Waals surface area contributed by atoms with Gasteiger partial charge in [-0.2, -0.15) is 9.89 Å². The second-order valence-corrected chi connectivity index (χ2v) is 14.5. The van der Waals surface area contributed by atoms with Crippen molar-refractivity contribution in [3.05, 3.63) is 145 Å². The summed E-state index contributed by atoms with van der Waals surface area (Å²) in [4.78, 5) is 7.16. The number of imidazole rings is 1. The molecule has 6 nitrogen and oxygen atoms in total. The lowest BCUT2D eigenvalue weighted by atomic mass is 10.1. The summed E-state index contributed by atoms with van der Waals surface area (Å²) in [6, 6.07) is 48.2. The third-order valence-electron chi connectivity index (χ3n) is 10.0. The van der Waals surface area contributed by atoms with Gasteiger partial charge in [-0.15, -0.1) is 0 Å². The number of hydrogen-bond acceptors (Lipinski definition) is 2. The van der Waals surface area contributed by atoms with Crippen LogP contribution in [0.1, 0.15) is 0 Å². The molecule has 0 radical (unpaired) electrons. The van der Waals surface area contributed by atoms with Crippen LogP contribution in [-0.2, 0) is 7.05 Å². The lowest BCUT2D eigenvalue weighted by Gasteiger charge is -2.11. The minimum atomic E-state index is -0.749. The average Bonchev–Trinajstić information content (AvgIpc) is 3.94. The predicted molar refractivity (Wildman–Crippen MR) is 200 cm³/mol. The molecule has 0 aliphatic carbocycles. The van der Waals surface area contributed by atoms with Crippen LogP contribution in [0.15, 0.2) is 145 Å². The third kappa shape index (κ3) is 3.42. The summed E-state index contributed by atoms with van der Waals surface area (Å²) in [6.07, 6.45) is 1.95. The van der Waals surface area contributed by atoms with Gasteiger partial charge in [-0.25, -0.2) is 9.66 Å². The summed E-state index contributed by atoms with van der Waals surface area (Å²) in [7, 11) is 1.39. The van der Waals surface area contributed by atoms with Gasteiger partial charge in [-0.05, 0) is 79.4 Å². The quantitative estimate of drug-likeness (QED) is 0.194. The molecule has 0 aliphatic heterocycles. The van der Waals surface area contributed by atoms with Gasteiger partial charge in [-0.3, -0.25) is 0 Å². The van der Waals surface area contributed by atoms with Crippen molar-refractivity contribution in [2.45, 2.75) is 0 Å². The number of benzene rings is 6. The second-order valence-electron chi connectivity index (χ2n) is 12.5. The van der Waals surface area contributed by atoms with E-state index >= 15 is 0 Å². The van der Waals surface area contributed by atoms with Crippen LogP contribution >= 0.6 is 7.53 Å². The van der Waals surface area contributed by atoms with Crippen molar-refractivity contribution in [2.75, 3.05) is 0 Å². The Kier molecular flexibility index (Phi) is 5.14. The van der Waals surface area contributed by atoms with Crippen molar-refractivity contribution in [3.8, 4) is 11.3 Å². The molecule has 0 saturated carbocycles. The van der Waals surface area contributed by atoms with Crippen LogP contribution in [0.4, 0.5) is 0 Å². The fourth-order valence-corrected chi connectivity index (χ4v) is 9.95. The third-order valence-corrected chi connectivity index (χ3v) is 12.2. The SMILES string of the molecule is Cn1c(-p2ccc3ccc(-n4c5ccccc5c5cc6c7ccccc7n(-n7ncc8ccccc87)c6cc54)cc32)nc2ccccc21. The van der Waals surface area contributed by atoms with Crippen LogP contribution in [0.5, 0.6) is 0 Å². The molecule has 226 valence electrons. The van der Waals surface area contributed by atoms with E-state index in [4.69, 9.17) is 10.1 Å². The van der Waals surface area contributed by atoms with E-state index in [1.54, 1.807) is 0 Å². The number of para-hydroxylation sites is 5. The molecule has 0 spiro atoms. The molecular formula is C41H27N6P. The van der Waals surface area contributed by atoms with E-state index < -0.39 is 7.53 Å². The first kappa shape index (κ1) is 26.0. The zero-order valence-electron chi connectivity index (χ0n) is 26.0. The van der Waals surface area contributed by atoms with E-state index in [1.165, 1.54) is 48.6 Å². The molecule has 5 aromatic heterocycles. The van der Waals surface area contributed by atoms with Crippen LogP contribution in [0.3, 0.4) is 0 Å². The smallest absolute Gasteiger partial charge is 0.156 e. The fourth-order valence-electron chi connectivity index (χ4n) is 7.79. The van der Waals surface area contributed by atoms with Crippen molar-refractivity contribution >= 4 is 83.6 Å². The standard InChI is InChI=1S/C41H27N6P/c1-44-37-17-9-5-13-33(37)43-41(44)48-21-20-26-18-19-28(22-40(26)48)45-35-15-7-3-11-29(35)31-23-32-30-12-4-8-16-36(30)46(39(32)24-38(31)45)47-34-14-6-2-10-27(34)25-42-47/h2-25H,1H3. The molecule has 7 heteroatoms. The largest absolute Gasteiger partial charge is 0.324 e. The van der Waals surface area contributed by atoms with Crippen LogP contribution in [0, 0.1) is 0 Å². The van der Waals surface area contributed by atoms with E-state index in [0.29, 0.717) is 0 Å². The first-order valence-corrected chi connectivity index (χ1v) is 17.6. The van der Waals surface area contributed by atoms with Gasteiger partial charge >= 0.3 is 0 Å². The maximum absolute atomic E-state index is 5.12. The first-order chi connectivity index (χ1) is 23.7. The zero-order valence-corrected chi connectivity index (χ0v) is 26.9. The Bertz CT molecular complexity index is 3090. The first-order valence-electron chi connectivity index (χ1n) is 16.2. The van der Waals surface area contributed by atoms with E-state index in [9.17, 15) is 0 Å². The van der Waals surface area contributed by atoms with Gasteiger partial charge in [0.15, 0.2) is 5.57 Å². The highest BCUT2D eigenvalue weighted by Crippen LogP contribution is 2.48. The average molecular weight is 635 g/mol. The van der Waals surface area contributed by atoms with Crippen molar-refractivity contribution in [2.24, 2.45) is 7.05 Å². The van der Waals surface area contributed by atoms with Crippen LogP contribution in [-0.4, -0.2) is 28.7 Å². The van der Waals surface area contributed by atoms with Gasteiger partial charge in [0.25, 0.3) is 0 Å². The minimum Gasteiger partial charge on any atom is -0.324 e. The van der Waals surface area contributed by atoms with Gasteiger partial charge in [0.2, 0.25) is 0 Å². The summed E-state index contributed by atoms with van der Waals surface area (Å²) in [5.74, 6) is 2.35. The maximum Gasteiger partial charge on any atom is 0.156 e. The number of fused-ring (bicyclic) bond motifs is 9. The maximum atomic E-state index is 5.12. The number of hydrogen-bond donors (Lipinski definition) is 0. The molecule has 11 aromatic rings. The van der Waals surface area contributed by atoms with Crippen molar-refractivity contribution < 1.29 is 0 Å². The summed E-state index contributed by atoms with van der Waals surface area (Å²) >= 11 is 0. The molecule has 0 N–H and O–H groups in total. The highest BCUT2D eigenvalue weighted by molar-refractivity contribution is 7.61. The van der Waals surface area contributed by atoms with Crippen LogP contribution in [0.25, 0.3) is 87.3 Å². The van der Waals surface area contributed by atoms with Gasteiger partial charge in [0.1, 0.15) is 0 Å². The Hall–Kier alpha value is -6.10. The lowest BCUT2D eigenvalue weighted by Crippen LogP contribution is -2.10. The second kappa shape index (κ2) is 9.47. The molecule has 0 fully saturated rings. The minimum absolute atomic E-state index is 0.749. The Balaban J connectivity index is 1.22. The fraction of sp³-hybridized carbons (Fsp3) is 0.0244. The number of aromatic nitrogens is 6. The molecule has 0 bridgehead atoms. The van der Waals surface area contributed by atoms with Gasteiger partial charge in [0, 0.05) is 44.8 Å². The Morgan fingerprint density at radius 2 is 1.25 bits per heavy atom. The summed E-state index contributed by atoms with van der Waals surface area (Å²) in [6.45, 7) is 0. The van der Waals surface area contributed by atoms with E-state index in [-0.39, 0.29) is 0 Å². The molecule has 11 rings (SSSR count). The van der Waals surface area contributed by atoms with Crippen LogP contribution < -0.4 is 0 Å². The Morgan fingerprint density at radius 1 is 0.542 bits per heavy atom. The van der Waals surface area contributed by atoms with Gasteiger partial charge < -0.3 is 9.13 Å². The van der Waals surface area contributed by atoms with E-state index in [0.717, 1.165) is 38.7 Å². The van der Waals surface area contributed by atoms with Gasteiger partial charge in [0.05, 0.1) is 44.8 Å². The zero-order chi connectivity index (χ0) is 31.5. The summed E-state index contributed by atoms with van der Waals surface area (Å²) in [5, 5.41) is 13.5. The van der Waals surface area contributed by atoms with Crippen molar-refractivity contribution in [3.63, 3.8) is 0 Å². The number of rotatable bonds is 3. The lowest BCUT2D eigenvalue weighted by molar-refractivity contribution is 0.639. The molecule has 1 unspecified atom stereocenters. The summed E-state index contributed by atoms with van der Waals surface area (Å²) in [5.41, 5.74) is 10.2. The molecular weight excluding hydrogens is 607 g/mol. The topological polar surface area (TPSA) is 45.5 Å². The molecule has 0 aliphatic rings. The monoisotopic (exact) mass is 634 g/mol. The normalized spacial score (nSPS) is 12.6. The van der Waals surface area contributed by atoms with E-state index in [1.807, 2.05) is 11.0 Å². The highest BCUT2D eigenvalue weighted by atomic mass is 31.1. The van der Waals surface area contributed by atoms with Gasteiger partial charge in [-0.1, -0.05) is 72.8 Å². The van der Waals surface area contributed by atoms with Crippen molar-refractivity contribution in [1.82, 2.24) is 28.7 Å². The number of nitrogens with zero attached hydrogens (tertiary/aromatic N) is 6. The predicted octanol–water partition coefficient (Wildman–Crippen LogP) is 10.6. The Morgan fingerprint density at radius 3 is 2.10 bits per heavy atom.